The van der Waals surface area contributed by atoms with Crippen LogP contribution in [0.15, 0.2) is 15.8 Å². The number of hydrogen-bond acceptors (Lipinski definition) is 5. The number of nitrogens with one attached hydrogen (secondary N) is 2. The van der Waals surface area contributed by atoms with Crippen LogP contribution in [0.25, 0.3) is 0 Å². The molecule has 0 radical (unpaired) electrons. The standard InChI is InChI=1S/C16H23N3O5/c1-2-24-12-8-11(20)16(12)3-5-19(6-4-16)13(21)7-10-9-17-15(23)18-14(10)22/h9,11-12,20H,2-8H2,1H3,(H2,17,18,22,23)/t11-,12+/m1/s1. The van der Waals surface area contributed by atoms with Crippen LogP contribution in [0.4, 0.5) is 0 Å². The van der Waals surface area contributed by atoms with Crippen molar-refractivity contribution in [1.29, 1.82) is 0 Å². The van der Waals surface area contributed by atoms with E-state index in [-0.39, 0.29) is 35.5 Å². The van der Waals surface area contributed by atoms with Crippen molar-refractivity contribution in [2.75, 3.05) is 19.7 Å². The zero-order chi connectivity index (χ0) is 17.3. The van der Waals surface area contributed by atoms with Crippen LogP contribution in [0, 0.1) is 5.41 Å². The molecule has 1 saturated carbocycles. The highest BCUT2D eigenvalue weighted by molar-refractivity contribution is 5.78. The summed E-state index contributed by atoms with van der Waals surface area (Å²) in [7, 11) is 0. The van der Waals surface area contributed by atoms with Gasteiger partial charge in [0, 0.05) is 43.3 Å². The van der Waals surface area contributed by atoms with E-state index in [1.54, 1.807) is 4.90 Å². The van der Waals surface area contributed by atoms with Crippen LogP contribution in [0.5, 0.6) is 0 Å². The first kappa shape index (κ1) is 16.9. The summed E-state index contributed by atoms with van der Waals surface area (Å²) in [5.41, 5.74) is -1.11. The molecule has 8 heteroatoms. The first-order valence-electron chi connectivity index (χ1n) is 8.34. The van der Waals surface area contributed by atoms with E-state index in [4.69, 9.17) is 4.74 Å². The number of carbonyl (C=O) groups excluding carboxylic acids is 1. The third-order valence-corrected chi connectivity index (χ3v) is 5.39. The molecule has 2 fully saturated rings. The van der Waals surface area contributed by atoms with E-state index in [1.165, 1.54) is 6.20 Å². The number of nitrogens with zero attached hydrogens (tertiary/aromatic N) is 1. The number of amides is 1. The lowest BCUT2D eigenvalue weighted by atomic mass is 9.58. The summed E-state index contributed by atoms with van der Waals surface area (Å²) < 4.78 is 5.72. The number of aliphatic hydroxyl groups excluding tert-OH is 1. The maximum Gasteiger partial charge on any atom is 0.325 e. The lowest BCUT2D eigenvalue weighted by Crippen LogP contribution is -2.62. The van der Waals surface area contributed by atoms with E-state index in [0.29, 0.717) is 39.0 Å². The molecular weight excluding hydrogens is 314 g/mol. The number of hydrogen-bond donors (Lipinski definition) is 3. The Labute approximate surface area is 138 Å². The molecular formula is C16H23N3O5. The van der Waals surface area contributed by atoms with Crippen LogP contribution >= 0.6 is 0 Å². The second-order valence-electron chi connectivity index (χ2n) is 6.58. The number of rotatable bonds is 4. The monoisotopic (exact) mass is 337 g/mol. The van der Waals surface area contributed by atoms with Crippen LogP contribution in [0.2, 0.25) is 0 Å². The Morgan fingerprint density at radius 2 is 2.12 bits per heavy atom. The topological polar surface area (TPSA) is 115 Å². The van der Waals surface area contributed by atoms with Crippen molar-refractivity contribution in [2.45, 2.75) is 44.8 Å². The van der Waals surface area contributed by atoms with Gasteiger partial charge in [-0.25, -0.2) is 4.79 Å². The lowest BCUT2D eigenvalue weighted by molar-refractivity contribution is -0.210. The van der Waals surface area contributed by atoms with E-state index in [2.05, 4.69) is 9.97 Å². The fourth-order valence-electron chi connectivity index (χ4n) is 3.83. The Morgan fingerprint density at radius 3 is 2.71 bits per heavy atom. The average molecular weight is 337 g/mol. The molecule has 8 nitrogen and oxygen atoms in total. The van der Waals surface area contributed by atoms with Gasteiger partial charge < -0.3 is 19.7 Å². The lowest BCUT2D eigenvalue weighted by Gasteiger charge is -2.56. The number of carbonyl (C=O) groups is 1. The predicted molar refractivity (Wildman–Crippen MR) is 85.7 cm³/mol. The van der Waals surface area contributed by atoms with Crippen molar-refractivity contribution >= 4 is 5.91 Å². The maximum absolute atomic E-state index is 12.4. The molecule has 132 valence electrons. The minimum Gasteiger partial charge on any atom is -0.392 e. The van der Waals surface area contributed by atoms with E-state index in [0.717, 1.165) is 0 Å². The minimum absolute atomic E-state index is 0.0451. The van der Waals surface area contributed by atoms with E-state index in [1.807, 2.05) is 6.92 Å². The molecule has 2 aliphatic rings. The van der Waals surface area contributed by atoms with Gasteiger partial charge in [-0.3, -0.25) is 14.6 Å². The van der Waals surface area contributed by atoms with Gasteiger partial charge in [-0.15, -0.1) is 0 Å². The van der Waals surface area contributed by atoms with Gasteiger partial charge in [0.15, 0.2) is 0 Å². The van der Waals surface area contributed by atoms with Gasteiger partial charge in [0.05, 0.1) is 18.6 Å². The Balaban J connectivity index is 1.61. The molecule has 2 atom stereocenters. The van der Waals surface area contributed by atoms with Crippen molar-refractivity contribution in [3.63, 3.8) is 0 Å². The second kappa shape index (κ2) is 6.52. The van der Waals surface area contributed by atoms with Crippen LogP contribution in [-0.2, 0) is 16.0 Å². The van der Waals surface area contributed by atoms with Gasteiger partial charge in [0.25, 0.3) is 5.56 Å². The summed E-state index contributed by atoms with van der Waals surface area (Å²) >= 11 is 0. The van der Waals surface area contributed by atoms with Crippen LogP contribution < -0.4 is 11.2 Å². The Bertz CT molecular complexity index is 715. The highest BCUT2D eigenvalue weighted by atomic mass is 16.5. The molecule has 1 aromatic rings. The minimum atomic E-state index is -0.586. The van der Waals surface area contributed by atoms with Gasteiger partial charge in [0.2, 0.25) is 5.91 Å². The van der Waals surface area contributed by atoms with Crippen LogP contribution in [-0.4, -0.2) is 57.8 Å². The first-order chi connectivity index (χ1) is 11.5. The van der Waals surface area contributed by atoms with Gasteiger partial charge in [-0.05, 0) is 19.8 Å². The molecule has 3 N–H and O–H groups in total. The van der Waals surface area contributed by atoms with E-state index < -0.39 is 11.2 Å². The molecule has 0 aromatic carbocycles. The van der Waals surface area contributed by atoms with Crippen molar-refractivity contribution in [1.82, 2.24) is 14.9 Å². The zero-order valence-electron chi connectivity index (χ0n) is 13.7. The number of likely N-dealkylation sites (tertiary alicyclic amines) is 1. The molecule has 2 heterocycles. The number of H-pyrrole nitrogens is 2. The van der Waals surface area contributed by atoms with E-state index >= 15 is 0 Å². The van der Waals surface area contributed by atoms with Crippen molar-refractivity contribution in [2.24, 2.45) is 5.41 Å². The smallest absolute Gasteiger partial charge is 0.325 e. The fourth-order valence-corrected chi connectivity index (χ4v) is 3.83. The SMILES string of the molecule is CCO[C@H]1C[C@@H](O)C12CCN(C(=O)Cc1c[nH]c(=O)[nH]c1=O)CC2. The number of aromatic nitrogens is 2. The number of piperidine rings is 1. The zero-order valence-corrected chi connectivity index (χ0v) is 13.7. The van der Waals surface area contributed by atoms with Crippen LogP contribution in [0.3, 0.4) is 0 Å². The molecule has 24 heavy (non-hydrogen) atoms. The molecule has 1 spiro atoms. The third-order valence-electron chi connectivity index (χ3n) is 5.39. The first-order valence-corrected chi connectivity index (χ1v) is 8.34. The number of ether oxygens (including phenoxy) is 1. The molecule has 3 rings (SSSR count). The van der Waals surface area contributed by atoms with Crippen molar-refractivity contribution < 1.29 is 14.6 Å². The number of aromatic amines is 2. The van der Waals surface area contributed by atoms with E-state index in [9.17, 15) is 19.5 Å². The largest absolute Gasteiger partial charge is 0.392 e. The normalized spacial score (nSPS) is 25.5. The van der Waals surface area contributed by atoms with Gasteiger partial charge in [-0.1, -0.05) is 0 Å². The number of aliphatic hydroxyl groups is 1. The van der Waals surface area contributed by atoms with Crippen molar-refractivity contribution in [3.05, 3.63) is 32.6 Å². The van der Waals surface area contributed by atoms with Crippen molar-refractivity contribution in [3.8, 4) is 0 Å². The molecule has 1 aromatic heterocycles. The van der Waals surface area contributed by atoms with Gasteiger partial charge >= 0.3 is 5.69 Å². The van der Waals surface area contributed by atoms with Gasteiger partial charge in [0.1, 0.15) is 0 Å². The average Bonchev–Trinajstić information content (AvgIpc) is 2.57. The molecule has 1 saturated heterocycles. The quantitative estimate of drug-likeness (QED) is 0.677. The van der Waals surface area contributed by atoms with Gasteiger partial charge in [-0.2, -0.15) is 0 Å². The molecule has 0 bridgehead atoms. The molecule has 1 aliphatic heterocycles. The highest BCUT2D eigenvalue weighted by Gasteiger charge is 2.56. The molecule has 1 amide bonds. The van der Waals surface area contributed by atoms with Crippen LogP contribution in [0.1, 0.15) is 31.7 Å². The summed E-state index contributed by atoms with van der Waals surface area (Å²) in [4.78, 5) is 41.3. The fraction of sp³-hybridized carbons (Fsp3) is 0.688. The highest BCUT2D eigenvalue weighted by Crippen LogP contribution is 2.50. The Hall–Kier alpha value is -1.93. The predicted octanol–water partition coefficient (Wildman–Crippen LogP) is -0.616. The summed E-state index contributed by atoms with van der Waals surface area (Å²) in [5, 5.41) is 10.2. The summed E-state index contributed by atoms with van der Waals surface area (Å²) in [6.07, 6.45) is 3.00. The second-order valence-corrected chi connectivity index (χ2v) is 6.58. The Kier molecular flexibility index (Phi) is 4.60. The Morgan fingerprint density at radius 1 is 1.42 bits per heavy atom. The summed E-state index contributed by atoms with van der Waals surface area (Å²) in [6.45, 7) is 3.65. The molecule has 1 aliphatic carbocycles. The third kappa shape index (κ3) is 2.91. The maximum atomic E-state index is 12.4. The summed E-state index contributed by atoms with van der Waals surface area (Å²) in [6, 6.07) is 0. The summed E-state index contributed by atoms with van der Waals surface area (Å²) in [5.74, 6) is -0.149. The molecule has 0 unspecified atom stereocenters.